The Balaban J connectivity index is 1.67. The number of anilines is 1. The van der Waals surface area contributed by atoms with E-state index in [1.54, 1.807) is 12.1 Å². The molecule has 4 rings (SSSR count). The van der Waals surface area contributed by atoms with E-state index in [0.717, 1.165) is 16.7 Å². The van der Waals surface area contributed by atoms with Crippen molar-refractivity contribution in [3.63, 3.8) is 0 Å². The van der Waals surface area contributed by atoms with E-state index in [9.17, 15) is 14.9 Å². The lowest BCUT2D eigenvalue weighted by atomic mass is 10.0. The Labute approximate surface area is 220 Å². The number of hydrogen-bond donors (Lipinski definition) is 1. The van der Waals surface area contributed by atoms with E-state index in [4.69, 9.17) is 11.6 Å². The highest BCUT2D eigenvalue weighted by atomic mass is 35.5. The molecule has 0 radical (unpaired) electrons. The summed E-state index contributed by atoms with van der Waals surface area (Å²) in [4.78, 5) is 28.2. The fraction of sp³-hybridized carbons (Fsp3) is 0.207. The zero-order valence-electron chi connectivity index (χ0n) is 20.1. The molecule has 0 aromatic heterocycles. The Morgan fingerprint density at radius 1 is 1.03 bits per heavy atom. The average molecular weight is 516 g/mol. The zero-order valence-corrected chi connectivity index (χ0v) is 21.6. The number of amides is 2. The third kappa shape index (κ3) is 5.81. The summed E-state index contributed by atoms with van der Waals surface area (Å²) in [5, 5.41) is 13.3. The van der Waals surface area contributed by atoms with Crippen LogP contribution in [-0.2, 0) is 22.6 Å². The van der Waals surface area contributed by atoms with Crippen LogP contribution in [0.4, 0.5) is 5.69 Å². The van der Waals surface area contributed by atoms with Crippen molar-refractivity contribution in [1.82, 2.24) is 5.32 Å². The van der Waals surface area contributed by atoms with E-state index in [1.807, 2.05) is 66.7 Å². The number of hydrogen-bond acceptors (Lipinski definition) is 4. The largest absolute Gasteiger partial charge is 0.347 e. The van der Waals surface area contributed by atoms with Gasteiger partial charge in [0.15, 0.2) is 0 Å². The summed E-state index contributed by atoms with van der Waals surface area (Å²) in [6, 6.07) is 26.6. The molecule has 3 aromatic rings. The number of nitriles is 1. The number of carbonyl (C=O) groups is 2. The standard InChI is InChI=1S/C29H26ClN3O2S/c1-19(2)22-10-14-24(15-11-22)33-28(35)26(16-20-8-12-23(30)13-9-20)36-29(33)25(17-31)27(34)32-18-21-6-4-3-5-7-21/h3-15,19,26H,16,18H2,1-2H3,(H,32,34)/b29-25-. The fourth-order valence-electron chi connectivity index (χ4n) is 3.93. The average Bonchev–Trinajstić information content (AvgIpc) is 3.20. The molecule has 1 atom stereocenters. The van der Waals surface area contributed by atoms with Gasteiger partial charge < -0.3 is 5.32 Å². The van der Waals surface area contributed by atoms with Gasteiger partial charge >= 0.3 is 0 Å². The highest BCUT2D eigenvalue weighted by Crippen LogP contribution is 2.42. The topological polar surface area (TPSA) is 73.2 Å². The Morgan fingerprint density at radius 3 is 2.31 bits per heavy atom. The van der Waals surface area contributed by atoms with Gasteiger partial charge in [-0.25, -0.2) is 0 Å². The summed E-state index contributed by atoms with van der Waals surface area (Å²) >= 11 is 7.27. The van der Waals surface area contributed by atoms with Gasteiger partial charge in [0.05, 0.1) is 5.25 Å². The molecule has 2 amide bonds. The van der Waals surface area contributed by atoms with Crippen LogP contribution in [0.25, 0.3) is 0 Å². The molecule has 7 heteroatoms. The number of nitrogens with zero attached hydrogens (tertiary/aromatic N) is 2. The third-order valence-corrected chi connectivity index (χ3v) is 7.47. The summed E-state index contributed by atoms with van der Waals surface area (Å²) in [6.07, 6.45) is 0.453. The molecule has 0 saturated carbocycles. The van der Waals surface area contributed by atoms with Crippen molar-refractivity contribution in [3.05, 3.63) is 111 Å². The Hall–Kier alpha value is -3.53. The second-order valence-electron chi connectivity index (χ2n) is 8.82. The van der Waals surface area contributed by atoms with Gasteiger partial charge in [-0.05, 0) is 53.3 Å². The van der Waals surface area contributed by atoms with E-state index < -0.39 is 11.2 Å². The van der Waals surface area contributed by atoms with Gasteiger partial charge in [-0.2, -0.15) is 5.26 Å². The van der Waals surface area contributed by atoms with E-state index in [2.05, 4.69) is 25.2 Å². The first kappa shape index (κ1) is 25.6. The predicted octanol–water partition coefficient (Wildman–Crippen LogP) is 6.21. The molecule has 182 valence electrons. The number of benzene rings is 3. The molecule has 3 aromatic carbocycles. The minimum absolute atomic E-state index is 0.0733. The van der Waals surface area contributed by atoms with Crippen LogP contribution in [0.2, 0.25) is 5.02 Å². The van der Waals surface area contributed by atoms with Crippen molar-refractivity contribution in [2.24, 2.45) is 0 Å². The summed E-state index contributed by atoms with van der Waals surface area (Å²) in [5.74, 6) is -0.327. The first-order valence-corrected chi connectivity index (χ1v) is 12.9. The summed E-state index contributed by atoms with van der Waals surface area (Å²) in [5.41, 5.74) is 3.58. The lowest BCUT2D eigenvalue weighted by Crippen LogP contribution is -2.32. The minimum atomic E-state index is -0.507. The zero-order chi connectivity index (χ0) is 25.7. The molecule has 1 fully saturated rings. The predicted molar refractivity (Wildman–Crippen MR) is 145 cm³/mol. The van der Waals surface area contributed by atoms with Gasteiger partial charge in [-0.3, -0.25) is 14.5 Å². The Morgan fingerprint density at radius 2 is 1.69 bits per heavy atom. The molecule has 0 bridgehead atoms. The van der Waals surface area contributed by atoms with Crippen molar-refractivity contribution in [3.8, 4) is 6.07 Å². The van der Waals surface area contributed by atoms with Gasteiger partial charge in [0.1, 0.15) is 16.7 Å². The molecule has 1 aliphatic heterocycles. The molecule has 0 spiro atoms. The molecule has 1 unspecified atom stereocenters. The third-order valence-electron chi connectivity index (χ3n) is 5.95. The van der Waals surface area contributed by atoms with E-state index in [-0.39, 0.29) is 18.0 Å². The summed E-state index contributed by atoms with van der Waals surface area (Å²) in [6.45, 7) is 4.49. The van der Waals surface area contributed by atoms with E-state index in [1.165, 1.54) is 16.7 Å². The van der Waals surface area contributed by atoms with Crippen molar-refractivity contribution in [1.29, 1.82) is 5.26 Å². The maximum absolute atomic E-state index is 13.6. The van der Waals surface area contributed by atoms with Crippen LogP contribution in [0.15, 0.2) is 89.5 Å². The lowest BCUT2D eigenvalue weighted by Gasteiger charge is -2.19. The van der Waals surface area contributed by atoms with Gasteiger partial charge in [-0.15, -0.1) is 0 Å². The van der Waals surface area contributed by atoms with Crippen LogP contribution >= 0.6 is 23.4 Å². The number of rotatable bonds is 7. The maximum atomic E-state index is 13.6. The molecule has 5 nitrogen and oxygen atoms in total. The van der Waals surface area contributed by atoms with Gasteiger partial charge in [0.2, 0.25) is 5.91 Å². The number of nitrogens with one attached hydrogen (secondary N) is 1. The second-order valence-corrected chi connectivity index (χ2v) is 10.4. The Bertz CT molecular complexity index is 1310. The van der Waals surface area contributed by atoms with Gasteiger partial charge in [-0.1, -0.05) is 91.8 Å². The van der Waals surface area contributed by atoms with Crippen LogP contribution < -0.4 is 10.2 Å². The molecule has 36 heavy (non-hydrogen) atoms. The quantitative estimate of drug-likeness (QED) is 0.300. The highest BCUT2D eigenvalue weighted by molar-refractivity contribution is 8.05. The van der Waals surface area contributed by atoms with E-state index in [0.29, 0.717) is 28.1 Å². The van der Waals surface area contributed by atoms with Crippen molar-refractivity contribution >= 4 is 40.9 Å². The normalized spacial score (nSPS) is 16.7. The molecule has 0 aliphatic carbocycles. The molecular weight excluding hydrogens is 490 g/mol. The Kier molecular flexibility index (Phi) is 8.14. The summed E-state index contributed by atoms with van der Waals surface area (Å²) < 4.78 is 0. The van der Waals surface area contributed by atoms with Crippen molar-refractivity contribution < 1.29 is 9.59 Å². The van der Waals surface area contributed by atoms with Crippen molar-refractivity contribution in [2.75, 3.05) is 4.90 Å². The second kappa shape index (κ2) is 11.5. The summed E-state index contributed by atoms with van der Waals surface area (Å²) in [7, 11) is 0. The van der Waals surface area contributed by atoms with Crippen LogP contribution in [-0.4, -0.2) is 17.1 Å². The first-order chi connectivity index (χ1) is 17.4. The first-order valence-electron chi connectivity index (χ1n) is 11.7. The monoisotopic (exact) mass is 515 g/mol. The molecule has 1 heterocycles. The van der Waals surface area contributed by atoms with E-state index >= 15 is 0 Å². The SMILES string of the molecule is CC(C)c1ccc(N2C(=O)C(Cc3ccc(Cl)cc3)S/C2=C(/C#N)C(=O)NCc2ccccc2)cc1. The fourth-order valence-corrected chi connectivity index (χ4v) is 5.37. The molecule has 1 aliphatic rings. The van der Waals surface area contributed by atoms with Crippen molar-refractivity contribution in [2.45, 2.75) is 38.0 Å². The highest BCUT2D eigenvalue weighted by Gasteiger charge is 2.40. The van der Waals surface area contributed by atoms with Crippen LogP contribution in [0, 0.1) is 11.3 Å². The minimum Gasteiger partial charge on any atom is -0.347 e. The molecule has 1 N–H and O–H groups in total. The maximum Gasteiger partial charge on any atom is 0.264 e. The van der Waals surface area contributed by atoms with Crippen LogP contribution in [0.3, 0.4) is 0 Å². The number of carbonyl (C=O) groups excluding carboxylic acids is 2. The van der Waals surface area contributed by atoms with Crippen LogP contribution in [0.5, 0.6) is 0 Å². The number of thioether (sulfide) groups is 1. The smallest absolute Gasteiger partial charge is 0.264 e. The van der Waals surface area contributed by atoms with Gasteiger partial charge in [0.25, 0.3) is 5.91 Å². The number of halogens is 1. The van der Waals surface area contributed by atoms with Crippen LogP contribution in [0.1, 0.15) is 36.5 Å². The lowest BCUT2D eigenvalue weighted by molar-refractivity contribution is -0.117. The molecule has 1 saturated heterocycles. The molecular formula is C29H26ClN3O2S. The van der Waals surface area contributed by atoms with Gasteiger partial charge in [0, 0.05) is 17.3 Å².